The van der Waals surface area contributed by atoms with Gasteiger partial charge >= 0.3 is 0 Å². The lowest BCUT2D eigenvalue weighted by molar-refractivity contribution is 0.155. The Morgan fingerprint density at radius 2 is 2.12 bits per heavy atom. The molecule has 1 atom stereocenters. The van der Waals surface area contributed by atoms with Crippen molar-refractivity contribution >= 4 is 10.0 Å². The summed E-state index contributed by atoms with van der Waals surface area (Å²) in [7, 11) is 0.697. The first-order valence-electron chi connectivity index (χ1n) is 7.90. The van der Waals surface area contributed by atoms with Crippen LogP contribution in [-0.4, -0.2) is 51.5 Å². The van der Waals surface area contributed by atoms with Crippen LogP contribution in [0.5, 0.6) is 0 Å². The molecule has 0 unspecified atom stereocenters. The molecule has 9 heteroatoms. The molecule has 1 N–H and O–H groups in total. The number of aryl methyl sites for hydroxylation is 3. The van der Waals surface area contributed by atoms with E-state index in [9.17, 15) is 8.42 Å². The minimum atomic E-state index is -3.21. The molecule has 0 aliphatic carbocycles. The quantitative estimate of drug-likeness (QED) is 0.815. The van der Waals surface area contributed by atoms with E-state index in [0.717, 1.165) is 23.5 Å². The molecule has 1 aliphatic rings. The van der Waals surface area contributed by atoms with Gasteiger partial charge < -0.3 is 4.57 Å². The van der Waals surface area contributed by atoms with E-state index in [0.29, 0.717) is 19.6 Å². The molecule has 2 aromatic rings. The van der Waals surface area contributed by atoms with Gasteiger partial charge in [0.2, 0.25) is 10.0 Å². The Hall–Kier alpha value is -1.71. The second kappa shape index (κ2) is 6.30. The molecule has 0 saturated carbocycles. The fourth-order valence-corrected chi connectivity index (χ4v) is 3.72. The molecule has 3 heterocycles. The van der Waals surface area contributed by atoms with Crippen LogP contribution in [0.4, 0.5) is 0 Å². The van der Waals surface area contributed by atoms with Gasteiger partial charge in [-0.05, 0) is 13.0 Å². The van der Waals surface area contributed by atoms with Gasteiger partial charge in [-0.15, -0.1) is 0 Å². The van der Waals surface area contributed by atoms with Gasteiger partial charge in [-0.1, -0.05) is 0 Å². The first-order valence-corrected chi connectivity index (χ1v) is 9.79. The highest BCUT2D eigenvalue weighted by molar-refractivity contribution is 7.88. The lowest BCUT2D eigenvalue weighted by Gasteiger charge is -2.35. The third-order valence-electron chi connectivity index (χ3n) is 4.49. The molecule has 0 bridgehead atoms. The molecule has 2 aromatic heterocycles. The highest BCUT2D eigenvalue weighted by Gasteiger charge is 2.30. The molecule has 0 saturated heterocycles. The van der Waals surface area contributed by atoms with Crippen LogP contribution in [-0.2, 0) is 43.6 Å². The second-order valence-electron chi connectivity index (χ2n) is 6.53. The van der Waals surface area contributed by atoms with Crippen LogP contribution >= 0.6 is 0 Å². The maximum atomic E-state index is 11.5. The van der Waals surface area contributed by atoms with Crippen molar-refractivity contribution in [1.29, 1.82) is 0 Å². The van der Waals surface area contributed by atoms with Crippen LogP contribution in [0.3, 0.4) is 0 Å². The van der Waals surface area contributed by atoms with Crippen LogP contribution in [0, 0.1) is 6.92 Å². The van der Waals surface area contributed by atoms with Crippen molar-refractivity contribution in [3.8, 4) is 0 Å². The number of nitrogens with zero attached hydrogens (tertiary/aromatic N) is 5. The summed E-state index contributed by atoms with van der Waals surface area (Å²) in [5.41, 5.74) is 4.32. The number of hydrogen-bond acceptors (Lipinski definition) is 5. The van der Waals surface area contributed by atoms with E-state index in [-0.39, 0.29) is 6.04 Å². The molecule has 0 fully saturated rings. The molecule has 0 spiro atoms. The Balaban J connectivity index is 1.84. The van der Waals surface area contributed by atoms with Crippen molar-refractivity contribution in [2.75, 3.05) is 12.8 Å². The molecular formula is C15H24N6O2S. The van der Waals surface area contributed by atoms with Gasteiger partial charge in [-0.3, -0.25) is 9.58 Å². The fraction of sp³-hybridized carbons (Fsp3) is 0.600. The summed E-state index contributed by atoms with van der Waals surface area (Å²) < 4.78 is 29.5. The Labute approximate surface area is 142 Å². The van der Waals surface area contributed by atoms with Crippen molar-refractivity contribution in [2.24, 2.45) is 14.1 Å². The number of fused-ring (bicyclic) bond motifs is 1. The lowest BCUT2D eigenvalue weighted by Crippen LogP contribution is -2.47. The van der Waals surface area contributed by atoms with Crippen LogP contribution < -0.4 is 4.72 Å². The van der Waals surface area contributed by atoms with Gasteiger partial charge in [0, 0.05) is 51.9 Å². The summed E-state index contributed by atoms with van der Waals surface area (Å²) >= 11 is 0. The first-order chi connectivity index (χ1) is 11.2. The van der Waals surface area contributed by atoms with Gasteiger partial charge in [0.25, 0.3) is 0 Å². The fourth-order valence-electron chi connectivity index (χ4n) is 3.23. The van der Waals surface area contributed by atoms with E-state index in [1.165, 1.54) is 11.9 Å². The van der Waals surface area contributed by atoms with E-state index in [4.69, 9.17) is 0 Å². The zero-order chi connectivity index (χ0) is 17.5. The van der Waals surface area contributed by atoms with Crippen LogP contribution in [0.2, 0.25) is 0 Å². The zero-order valence-corrected chi connectivity index (χ0v) is 15.3. The largest absolute Gasteiger partial charge is 0.337 e. The van der Waals surface area contributed by atoms with Gasteiger partial charge in [-0.25, -0.2) is 18.1 Å². The summed E-state index contributed by atoms with van der Waals surface area (Å²) in [5, 5.41) is 4.39. The SMILES string of the molecule is Cc1cc(CN2Cc3ncn(C)c3C[C@H]2CNS(C)(=O)=O)n(C)n1. The van der Waals surface area contributed by atoms with E-state index >= 15 is 0 Å². The average molecular weight is 352 g/mol. The number of sulfonamides is 1. The summed E-state index contributed by atoms with van der Waals surface area (Å²) in [6.45, 7) is 3.78. The predicted octanol–water partition coefficient (Wildman–Crippen LogP) is -0.0619. The molecule has 1 aliphatic heterocycles. The maximum Gasteiger partial charge on any atom is 0.208 e. The van der Waals surface area contributed by atoms with Gasteiger partial charge in [-0.2, -0.15) is 5.10 Å². The summed E-state index contributed by atoms with van der Waals surface area (Å²) in [6, 6.07) is 2.15. The second-order valence-corrected chi connectivity index (χ2v) is 8.37. The molecule has 0 aromatic carbocycles. The third-order valence-corrected chi connectivity index (χ3v) is 5.18. The minimum absolute atomic E-state index is 0.0813. The smallest absolute Gasteiger partial charge is 0.208 e. The van der Waals surface area contributed by atoms with Crippen LogP contribution in [0.25, 0.3) is 0 Å². The Bertz CT molecular complexity index is 838. The van der Waals surface area contributed by atoms with Gasteiger partial charge in [0.05, 0.1) is 29.7 Å². The summed E-state index contributed by atoms with van der Waals surface area (Å²) in [5.74, 6) is 0. The Morgan fingerprint density at radius 1 is 1.38 bits per heavy atom. The topological polar surface area (TPSA) is 85.0 Å². The molecule has 0 radical (unpaired) electrons. The van der Waals surface area contributed by atoms with E-state index < -0.39 is 10.0 Å². The molecule has 8 nitrogen and oxygen atoms in total. The predicted molar refractivity (Wildman–Crippen MR) is 90.7 cm³/mol. The number of nitrogens with one attached hydrogen (secondary N) is 1. The number of aromatic nitrogens is 4. The molecule has 0 amide bonds. The molecule has 24 heavy (non-hydrogen) atoms. The lowest BCUT2D eigenvalue weighted by atomic mass is 10.0. The Kier molecular flexibility index (Phi) is 4.50. The average Bonchev–Trinajstić information content (AvgIpc) is 2.99. The van der Waals surface area contributed by atoms with Crippen molar-refractivity contribution in [2.45, 2.75) is 32.5 Å². The normalized spacial score (nSPS) is 18.8. The van der Waals surface area contributed by atoms with E-state index in [1.54, 1.807) is 0 Å². The summed E-state index contributed by atoms with van der Waals surface area (Å²) in [4.78, 5) is 6.75. The summed E-state index contributed by atoms with van der Waals surface area (Å²) in [6.07, 6.45) is 3.79. The number of rotatable bonds is 5. The maximum absolute atomic E-state index is 11.5. The highest BCUT2D eigenvalue weighted by Crippen LogP contribution is 2.24. The van der Waals surface area contributed by atoms with Crippen molar-refractivity contribution in [3.63, 3.8) is 0 Å². The minimum Gasteiger partial charge on any atom is -0.337 e. The van der Waals surface area contributed by atoms with E-state index in [1.807, 2.05) is 36.6 Å². The number of hydrogen-bond donors (Lipinski definition) is 1. The van der Waals surface area contributed by atoms with Crippen LogP contribution in [0.1, 0.15) is 22.8 Å². The van der Waals surface area contributed by atoms with E-state index in [2.05, 4.69) is 25.8 Å². The Morgan fingerprint density at radius 3 is 2.75 bits per heavy atom. The first kappa shape index (κ1) is 17.1. The van der Waals surface area contributed by atoms with Gasteiger partial charge in [0.1, 0.15) is 0 Å². The zero-order valence-electron chi connectivity index (χ0n) is 14.5. The third kappa shape index (κ3) is 3.68. The molecular weight excluding hydrogens is 328 g/mol. The van der Waals surface area contributed by atoms with Crippen LogP contribution in [0.15, 0.2) is 12.4 Å². The van der Waals surface area contributed by atoms with Crippen molar-refractivity contribution in [1.82, 2.24) is 29.0 Å². The van der Waals surface area contributed by atoms with Crippen molar-refractivity contribution in [3.05, 3.63) is 35.2 Å². The molecule has 3 rings (SSSR count). The van der Waals surface area contributed by atoms with Crippen molar-refractivity contribution < 1.29 is 8.42 Å². The standard InChI is InChI=1S/C15H24N6O2S/c1-11-5-13(20(3)18-11)8-21-9-14-15(19(2)10-16-14)6-12(21)7-17-24(4,22)23/h5,10,12,17H,6-9H2,1-4H3/t12-/m0/s1. The monoisotopic (exact) mass is 352 g/mol. The molecule has 132 valence electrons. The highest BCUT2D eigenvalue weighted by atomic mass is 32.2. The van der Waals surface area contributed by atoms with Gasteiger partial charge in [0.15, 0.2) is 0 Å². The number of imidazole rings is 1.